The molecule has 26 heavy (non-hydrogen) atoms. The first-order chi connectivity index (χ1) is 12.3. The van der Waals surface area contributed by atoms with E-state index in [2.05, 4.69) is 4.98 Å². The Morgan fingerprint density at radius 1 is 1.38 bits per heavy atom. The van der Waals surface area contributed by atoms with Crippen LogP contribution in [0.2, 0.25) is 0 Å². The molecule has 3 rings (SSSR count). The average Bonchev–Trinajstić information content (AvgIpc) is 3.23. The van der Waals surface area contributed by atoms with Crippen molar-refractivity contribution in [3.63, 3.8) is 0 Å². The SMILES string of the molecule is COc1cccc(-c2nccn2[C@@H]2COC[C@@H]2CS(=O)(=O)N(C)C)c1F. The Hall–Kier alpha value is -1.97. The van der Waals surface area contributed by atoms with Gasteiger partial charge in [-0.2, -0.15) is 0 Å². The third kappa shape index (κ3) is 3.46. The number of methoxy groups -OCH3 is 1. The second kappa shape index (κ2) is 7.34. The molecule has 2 heterocycles. The van der Waals surface area contributed by atoms with Gasteiger partial charge < -0.3 is 14.0 Å². The molecular weight excluding hydrogens is 361 g/mol. The zero-order valence-electron chi connectivity index (χ0n) is 14.9. The molecule has 0 saturated carbocycles. The molecule has 1 aliphatic heterocycles. The topological polar surface area (TPSA) is 73.7 Å². The highest BCUT2D eigenvalue weighted by Crippen LogP contribution is 2.34. The third-order valence-electron chi connectivity index (χ3n) is 4.60. The van der Waals surface area contributed by atoms with Crippen molar-refractivity contribution in [1.29, 1.82) is 0 Å². The number of halogens is 1. The van der Waals surface area contributed by atoms with E-state index in [-0.39, 0.29) is 23.5 Å². The molecule has 1 aromatic carbocycles. The molecule has 1 aromatic heterocycles. The monoisotopic (exact) mass is 383 g/mol. The maximum atomic E-state index is 14.7. The first-order valence-electron chi connectivity index (χ1n) is 8.18. The molecule has 0 amide bonds. The van der Waals surface area contributed by atoms with Crippen LogP contribution in [0.4, 0.5) is 4.39 Å². The summed E-state index contributed by atoms with van der Waals surface area (Å²) in [7, 11) is 1.04. The molecule has 0 aliphatic carbocycles. The second-order valence-corrected chi connectivity index (χ2v) is 8.63. The molecule has 0 spiro atoms. The summed E-state index contributed by atoms with van der Waals surface area (Å²) in [6, 6.07) is 4.61. The number of hydrogen-bond acceptors (Lipinski definition) is 5. The molecule has 0 bridgehead atoms. The Morgan fingerprint density at radius 2 is 2.15 bits per heavy atom. The molecule has 1 aliphatic rings. The normalized spacial score (nSPS) is 20.7. The molecule has 2 atom stereocenters. The van der Waals surface area contributed by atoms with Gasteiger partial charge in [-0.1, -0.05) is 6.07 Å². The van der Waals surface area contributed by atoms with Crippen molar-refractivity contribution in [3.8, 4) is 17.1 Å². The minimum Gasteiger partial charge on any atom is -0.494 e. The van der Waals surface area contributed by atoms with E-state index in [0.29, 0.717) is 24.6 Å². The van der Waals surface area contributed by atoms with Crippen molar-refractivity contribution in [2.75, 3.05) is 40.2 Å². The predicted molar refractivity (Wildman–Crippen MR) is 95.0 cm³/mol. The van der Waals surface area contributed by atoms with Crippen molar-refractivity contribution in [2.45, 2.75) is 6.04 Å². The highest BCUT2D eigenvalue weighted by Gasteiger charge is 2.35. The number of rotatable bonds is 6. The minimum absolute atomic E-state index is 0.0388. The van der Waals surface area contributed by atoms with E-state index in [1.807, 2.05) is 0 Å². The van der Waals surface area contributed by atoms with Gasteiger partial charge in [0.05, 0.1) is 37.7 Å². The van der Waals surface area contributed by atoms with Crippen LogP contribution < -0.4 is 4.74 Å². The minimum atomic E-state index is -3.38. The van der Waals surface area contributed by atoms with Crippen molar-refractivity contribution in [3.05, 3.63) is 36.4 Å². The van der Waals surface area contributed by atoms with Crippen molar-refractivity contribution in [1.82, 2.24) is 13.9 Å². The number of sulfonamides is 1. The maximum Gasteiger partial charge on any atom is 0.214 e. The fourth-order valence-corrected chi connectivity index (χ4v) is 4.26. The number of imidazole rings is 1. The molecule has 1 fully saturated rings. The molecule has 0 radical (unpaired) electrons. The zero-order valence-corrected chi connectivity index (χ0v) is 15.7. The summed E-state index contributed by atoms with van der Waals surface area (Å²) in [6.07, 6.45) is 3.30. The fourth-order valence-electron chi connectivity index (χ4n) is 3.10. The molecule has 0 N–H and O–H groups in total. The maximum absolute atomic E-state index is 14.7. The summed E-state index contributed by atoms with van der Waals surface area (Å²) < 4.78 is 52.8. The lowest BCUT2D eigenvalue weighted by Gasteiger charge is -2.23. The lowest BCUT2D eigenvalue weighted by Crippen LogP contribution is -2.32. The van der Waals surface area contributed by atoms with Crippen LogP contribution in [0.3, 0.4) is 0 Å². The predicted octanol–water partition coefficient (Wildman–Crippen LogP) is 1.78. The number of hydrogen-bond donors (Lipinski definition) is 0. The van der Waals surface area contributed by atoms with E-state index < -0.39 is 15.8 Å². The number of ether oxygens (including phenoxy) is 2. The first-order valence-corrected chi connectivity index (χ1v) is 9.79. The van der Waals surface area contributed by atoms with Crippen molar-refractivity contribution in [2.24, 2.45) is 5.92 Å². The van der Waals surface area contributed by atoms with Gasteiger partial charge in [-0.15, -0.1) is 0 Å². The highest BCUT2D eigenvalue weighted by molar-refractivity contribution is 7.89. The van der Waals surface area contributed by atoms with Gasteiger partial charge in [0.2, 0.25) is 10.0 Å². The number of nitrogens with zero attached hydrogens (tertiary/aromatic N) is 3. The summed E-state index contributed by atoms with van der Waals surface area (Å²) >= 11 is 0. The average molecular weight is 383 g/mol. The second-order valence-electron chi connectivity index (χ2n) is 6.41. The van der Waals surface area contributed by atoms with Crippen LogP contribution in [-0.4, -0.2) is 62.4 Å². The van der Waals surface area contributed by atoms with Gasteiger partial charge in [-0.25, -0.2) is 22.1 Å². The van der Waals surface area contributed by atoms with E-state index in [9.17, 15) is 12.8 Å². The number of aromatic nitrogens is 2. The van der Waals surface area contributed by atoms with Gasteiger partial charge in [0.25, 0.3) is 0 Å². The van der Waals surface area contributed by atoms with Crippen LogP contribution in [0, 0.1) is 11.7 Å². The first kappa shape index (κ1) is 18.8. The molecule has 7 nitrogen and oxygen atoms in total. The Bertz CT molecular complexity index is 882. The third-order valence-corrected chi connectivity index (χ3v) is 6.56. The summed E-state index contributed by atoms with van der Waals surface area (Å²) in [5.41, 5.74) is 0.301. The van der Waals surface area contributed by atoms with E-state index in [1.54, 1.807) is 29.1 Å². The smallest absolute Gasteiger partial charge is 0.214 e. The fraction of sp³-hybridized carbons (Fsp3) is 0.471. The van der Waals surface area contributed by atoms with Gasteiger partial charge in [0.15, 0.2) is 11.6 Å². The van der Waals surface area contributed by atoms with Crippen LogP contribution in [-0.2, 0) is 14.8 Å². The van der Waals surface area contributed by atoms with Crippen LogP contribution in [0.15, 0.2) is 30.6 Å². The number of benzene rings is 1. The van der Waals surface area contributed by atoms with Gasteiger partial charge in [-0.05, 0) is 12.1 Å². The molecule has 2 aromatic rings. The summed E-state index contributed by atoms with van der Waals surface area (Å²) in [6.45, 7) is 0.679. The Balaban J connectivity index is 1.96. The molecule has 0 unspecified atom stereocenters. The Kier molecular flexibility index (Phi) is 5.31. The van der Waals surface area contributed by atoms with Gasteiger partial charge in [0.1, 0.15) is 5.82 Å². The molecule has 142 valence electrons. The van der Waals surface area contributed by atoms with Gasteiger partial charge >= 0.3 is 0 Å². The summed E-state index contributed by atoms with van der Waals surface area (Å²) in [4.78, 5) is 4.29. The zero-order chi connectivity index (χ0) is 18.9. The van der Waals surface area contributed by atoms with Crippen LogP contribution in [0.5, 0.6) is 5.75 Å². The summed E-state index contributed by atoms with van der Waals surface area (Å²) in [5, 5.41) is 0. The van der Waals surface area contributed by atoms with E-state index in [0.717, 1.165) is 0 Å². The van der Waals surface area contributed by atoms with Gasteiger partial charge in [0, 0.05) is 32.4 Å². The summed E-state index contributed by atoms with van der Waals surface area (Å²) in [5.74, 6) is -0.235. The molecular formula is C17H22FN3O4S. The Morgan fingerprint density at radius 3 is 2.85 bits per heavy atom. The lowest BCUT2D eigenvalue weighted by molar-refractivity contribution is 0.182. The highest BCUT2D eigenvalue weighted by atomic mass is 32.2. The van der Waals surface area contributed by atoms with Gasteiger partial charge in [-0.3, -0.25) is 0 Å². The molecule has 9 heteroatoms. The Labute approximate surface area is 152 Å². The van der Waals surface area contributed by atoms with Crippen molar-refractivity contribution >= 4 is 10.0 Å². The lowest BCUT2D eigenvalue weighted by atomic mass is 10.1. The quantitative estimate of drug-likeness (QED) is 0.760. The van der Waals surface area contributed by atoms with Crippen molar-refractivity contribution < 1.29 is 22.3 Å². The van der Waals surface area contributed by atoms with E-state index >= 15 is 0 Å². The van der Waals surface area contributed by atoms with E-state index in [4.69, 9.17) is 9.47 Å². The standard InChI is InChI=1S/C17H22FN3O4S/c1-20(2)26(22,23)11-12-9-25-10-14(12)21-8-7-19-17(21)13-5-4-6-15(24-3)16(13)18/h4-8,12,14H,9-11H2,1-3H3/t12-,14-/m1/s1. The van der Waals surface area contributed by atoms with Crippen LogP contribution >= 0.6 is 0 Å². The van der Waals surface area contributed by atoms with Crippen LogP contribution in [0.1, 0.15) is 6.04 Å². The largest absolute Gasteiger partial charge is 0.494 e. The van der Waals surface area contributed by atoms with E-state index in [1.165, 1.54) is 31.6 Å². The van der Waals surface area contributed by atoms with Crippen LogP contribution in [0.25, 0.3) is 11.4 Å². The molecule has 1 saturated heterocycles.